The Bertz CT molecular complexity index is 1450. The molecule has 3 atom stereocenters. The summed E-state index contributed by atoms with van der Waals surface area (Å²) >= 11 is 0. The van der Waals surface area contributed by atoms with Crippen molar-refractivity contribution < 1.29 is 13.2 Å². The fourth-order valence-corrected chi connectivity index (χ4v) is 7.22. The number of rotatable bonds is 0. The van der Waals surface area contributed by atoms with Gasteiger partial charge in [0, 0.05) is 24.0 Å². The van der Waals surface area contributed by atoms with E-state index in [0.29, 0.717) is 29.3 Å². The van der Waals surface area contributed by atoms with Crippen LogP contribution in [0.2, 0.25) is 0 Å². The summed E-state index contributed by atoms with van der Waals surface area (Å²) in [5.41, 5.74) is 3.61. The lowest BCUT2D eigenvalue weighted by atomic mass is 10.0. The molecule has 4 bridgehead atoms. The third kappa shape index (κ3) is 4.09. The number of aromatic nitrogens is 3. The smallest absolute Gasteiger partial charge is 0.258 e. The number of carbonyl (C=O) groups excluding carboxylic acids is 1. The van der Waals surface area contributed by atoms with Gasteiger partial charge < -0.3 is 4.57 Å². The molecule has 182 valence electrons. The van der Waals surface area contributed by atoms with Crippen molar-refractivity contribution in [1.82, 2.24) is 18.9 Å². The van der Waals surface area contributed by atoms with E-state index < -0.39 is 10.0 Å². The van der Waals surface area contributed by atoms with Crippen LogP contribution in [0.25, 0.3) is 11.0 Å². The molecule has 35 heavy (non-hydrogen) atoms. The number of hydrogen-bond acceptors (Lipinski definition) is 6. The molecule has 3 aromatic rings. The Balaban J connectivity index is 1.37. The van der Waals surface area contributed by atoms with Crippen molar-refractivity contribution in [3.8, 4) is 0 Å². The number of carbonyl (C=O) groups is 1. The zero-order valence-corrected chi connectivity index (χ0v) is 20.4. The topological polar surface area (TPSA) is 110 Å². The summed E-state index contributed by atoms with van der Waals surface area (Å²) < 4.78 is 29.5. The molecule has 6 rings (SSSR count). The van der Waals surface area contributed by atoms with Gasteiger partial charge in [0.15, 0.2) is 0 Å². The third-order valence-corrected chi connectivity index (χ3v) is 9.39. The number of anilines is 1. The van der Waals surface area contributed by atoms with Gasteiger partial charge in [-0.05, 0) is 56.4 Å². The third-order valence-electron chi connectivity index (χ3n) is 7.21. The van der Waals surface area contributed by atoms with Gasteiger partial charge in [-0.15, -0.1) is 0 Å². The molecule has 0 spiro atoms. The average Bonchev–Trinajstić information content (AvgIpc) is 3.30. The summed E-state index contributed by atoms with van der Waals surface area (Å²) in [5, 5.41) is 6.89. The molecule has 1 amide bonds. The second-order valence-corrected chi connectivity index (χ2v) is 11.8. The van der Waals surface area contributed by atoms with Gasteiger partial charge in [-0.25, -0.2) is 13.4 Å². The maximum absolute atomic E-state index is 13.3. The fraction of sp³-hybridized carbons (Fsp3) is 0.440. The van der Waals surface area contributed by atoms with Crippen molar-refractivity contribution in [2.75, 3.05) is 11.9 Å². The number of hydrazone groups is 1. The van der Waals surface area contributed by atoms with Crippen molar-refractivity contribution in [2.24, 2.45) is 11.0 Å². The van der Waals surface area contributed by atoms with Crippen LogP contribution >= 0.6 is 0 Å². The molecule has 1 aromatic carbocycles. The molecule has 1 aliphatic carbocycles. The van der Waals surface area contributed by atoms with Crippen molar-refractivity contribution >= 4 is 39.1 Å². The van der Waals surface area contributed by atoms with Gasteiger partial charge in [-0.1, -0.05) is 25.0 Å². The summed E-state index contributed by atoms with van der Waals surface area (Å²) in [6.45, 7) is 2.78. The van der Waals surface area contributed by atoms with E-state index in [-0.39, 0.29) is 29.5 Å². The second kappa shape index (κ2) is 8.44. The number of nitrogens with zero attached hydrogens (tertiary/aromatic N) is 5. The molecule has 1 saturated carbocycles. The Morgan fingerprint density at radius 2 is 1.94 bits per heavy atom. The van der Waals surface area contributed by atoms with Crippen LogP contribution in [0.5, 0.6) is 0 Å². The first-order chi connectivity index (χ1) is 16.9. The number of aryl methyl sites for hydroxylation is 2. The number of fused-ring (bicyclic) bond motifs is 9. The van der Waals surface area contributed by atoms with Crippen molar-refractivity contribution in [3.63, 3.8) is 0 Å². The lowest BCUT2D eigenvalue weighted by molar-refractivity contribution is 0.102. The van der Waals surface area contributed by atoms with Crippen molar-refractivity contribution in [2.45, 2.75) is 56.7 Å². The Hall–Kier alpha value is -3.27. The highest BCUT2D eigenvalue weighted by Gasteiger charge is 2.50. The van der Waals surface area contributed by atoms with Crippen LogP contribution in [0.15, 0.2) is 41.5 Å². The predicted octanol–water partition coefficient (Wildman–Crippen LogP) is 3.67. The summed E-state index contributed by atoms with van der Waals surface area (Å²) in [7, 11) is -3.47. The van der Waals surface area contributed by atoms with Gasteiger partial charge in [-0.3, -0.25) is 15.1 Å². The van der Waals surface area contributed by atoms with Crippen LogP contribution in [-0.4, -0.2) is 51.3 Å². The first-order valence-electron chi connectivity index (χ1n) is 12.2. The van der Waals surface area contributed by atoms with E-state index >= 15 is 0 Å². The monoisotopic (exact) mass is 492 g/mol. The Morgan fingerprint density at radius 1 is 1.09 bits per heavy atom. The molecule has 3 unspecified atom stereocenters. The Labute approximate surface area is 204 Å². The lowest BCUT2D eigenvalue weighted by Crippen LogP contribution is -2.30. The van der Waals surface area contributed by atoms with Gasteiger partial charge in [-0.2, -0.15) is 9.52 Å². The quantitative estimate of drug-likeness (QED) is 0.515. The molecule has 0 saturated heterocycles. The van der Waals surface area contributed by atoms with Crippen molar-refractivity contribution in [1.29, 1.82) is 0 Å². The van der Waals surface area contributed by atoms with Crippen LogP contribution < -0.4 is 5.32 Å². The van der Waals surface area contributed by atoms with Crippen LogP contribution in [0.4, 0.5) is 5.95 Å². The molecule has 9 nitrogen and oxygen atoms in total. The van der Waals surface area contributed by atoms with Crippen LogP contribution in [0.3, 0.4) is 0 Å². The molecule has 1 fully saturated rings. The molecule has 4 heterocycles. The molecule has 2 aliphatic heterocycles. The number of pyridine rings is 1. The van der Waals surface area contributed by atoms with E-state index in [0.717, 1.165) is 43.3 Å². The summed E-state index contributed by atoms with van der Waals surface area (Å²) in [4.78, 5) is 22.6. The van der Waals surface area contributed by atoms with Crippen LogP contribution in [-0.2, 0) is 16.6 Å². The lowest BCUT2D eigenvalue weighted by Gasteiger charge is -2.17. The molecule has 10 heteroatoms. The van der Waals surface area contributed by atoms with E-state index in [1.807, 2.05) is 31.2 Å². The van der Waals surface area contributed by atoms with E-state index in [4.69, 9.17) is 4.98 Å². The van der Waals surface area contributed by atoms with Gasteiger partial charge in [0.25, 0.3) is 15.9 Å². The predicted molar refractivity (Wildman–Crippen MR) is 134 cm³/mol. The number of imidazole rings is 1. The normalized spacial score (nSPS) is 25.9. The fourth-order valence-electron chi connectivity index (χ4n) is 5.24. The Kier molecular flexibility index (Phi) is 5.36. The van der Waals surface area contributed by atoms with E-state index in [9.17, 15) is 13.2 Å². The largest absolute Gasteiger partial charge is 0.310 e. The van der Waals surface area contributed by atoms with E-state index in [1.165, 1.54) is 4.41 Å². The average molecular weight is 493 g/mol. The van der Waals surface area contributed by atoms with Crippen LogP contribution in [0.1, 0.15) is 59.8 Å². The molecule has 1 N–H and O–H groups in total. The minimum Gasteiger partial charge on any atom is -0.310 e. The SMILES string of the molecule is Cc1cc2cc(n1)C1C=NN(C1)S(=O)(=O)C1CC1CCCCCn1c(nc3ccccc31)NC2=O. The molecule has 0 radical (unpaired) electrons. The van der Waals surface area contributed by atoms with Crippen LogP contribution in [0, 0.1) is 12.8 Å². The zero-order chi connectivity index (χ0) is 24.2. The molecule has 3 aliphatic rings. The van der Waals surface area contributed by atoms with E-state index in [1.54, 1.807) is 18.3 Å². The number of nitrogens with one attached hydrogen (secondary N) is 1. The number of hydrogen-bond donors (Lipinski definition) is 1. The Morgan fingerprint density at radius 3 is 2.83 bits per heavy atom. The first-order valence-corrected chi connectivity index (χ1v) is 13.7. The number of para-hydroxylation sites is 2. The second-order valence-electron chi connectivity index (χ2n) is 9.76. The maximum atomic E-state index is 13.3. The minimum atomic E-state index is -3.47. The van der Waals surface area contributed by atoms with Crippen molar-refractivity contribution in [3.05, 3.63) is 53.3 Å². The van der Waals surface area contributed by atoms with Gasteiger partial charge in [0.1, 0.15) is 0 Å². The highest BCUT2D eigenvalue weighted by Crippen LogP contribution is 2.43. The zero-order valence-electron chi connectivity index (χ0n) is 19.6. The highest BCUT2D eigenvalue weighted by molar-refractivity contribution is 7.90. The number of amides is 1. The molecule has 2 aromatic heterocycles. The summed E-state index contributed by atoms with van der Waals surface area (Å²) in [6.07, 6.45) is 6.13. The van der Waals surface area contributed by atoms with Gasteiger partial charge >= 0.3 is 0 Å². The summed E-state index contributed by atoms with van der Waals surface area (Å²) in [6, 6.07) is 11.3. The van der Waals surface area contributed by atoms with Gasteiger partial charge in [0.05, 0.1) is 34.4 Å². The number of benzene rings is 1. The van der Waals surface area contributed by atoms with Gasteiger partial charge in [0.2, 0.25) is 5.95 Å². The standard InChI is InChI=1S/C25H28N6O3S/c1-16-11-18-12-21(27-16)19-14-26-31(15-19)35(33,34)23-13-17(23)7-3-2-6-10-30-22-9-5-4-8-20(22)28-25(30)29-24(18)32/h4-5,8-9,11-12,14,17,19,23H,2-3,6-7,10,13,15H2,1H3,(H,28,29,32). The number of sulfonamides is 1. The molecular formula is C25H28N6O3S. The highest BCUT2D eigenvalue weighted by atomic mass is 32.2. The maximum Gasteiger partial charge on any atom is 0.258 e. The summed E-state index contributed by atoms with van der Waals surface area (Å²) in [5.74, 6) is 0.183. The van der Waals surface area contributed by atoms with E-state index in [2.05, 4.69) is 20.0 Å². The minimum absolute atomic E-state index is 0.209. The first kappa shape index (κ1) is 22.2. The molecular weight excluding hydrogens is 464 g/mol.